The van der Waals surface area contributed by atoms with Gasteiger partial charge in [-0.2, -0.15) is 0 Å². The molecule has 2 amide bonds. The highest BCUT2D eigenvalue weighted by Crippen LogP contribution is 2.14. The van der Waals surface area contributed by atoms with Crippen molar-refractivity contribution in [3.05, 3.63) is 48.3 Å². The Hall–Kier alpha value is -2.43. The summed E-state index contributed by atoms with van der Waals surface area (Å²) in [7, 11) is 1.59. The normalized spacial score (nSPS) is 9.83. The highest BCUT2D eigenvalue weighted by molar-refractivity contribution is 5.89. The predicted molar refractivity (Wildman–Crippen MR) is 72.6 cm³/mol. The zero-order chi connectivity index (χ0) is 12.8. The van der Waals surface area contributed by atoms with Crippen LogP contribution in [0.4, 0.5) is 16.2 Å². The molecule has 0 aliphatic heterocycles. The molecular formula is C13H16N4O. The van der Waals surface area contributed by atoms with Crippen molar-refractivity contribution in [3.8, 4) is 0 Å². The summed E-state index contributed by atoms with van der Waals surface area (Å²) >= 11 is 0. The largest absolute Gasteiger partial charge is 0.381 e. The van der Waals surface area contributed by atoms with Crippen molar-refractivity contribution in [1.82, 2.24) is 10.3 Å². The van der Waals surface area contributed by atoms with Gasteiger partial charge in [-0.3, -0.25) is 0 Å². The number of hydrogen-bond acceptors (Lipinski definition) is 2. The van der Waals surface area contributed by atoms with E-state index in [2.05, 4.69) is 20.9 Å². The van der Waals surface area contributed by atoms with Gasteiger partial charge in [-0.1, -0.05) is 0 Å². The first kappa shape index (κ1) is 12.0. The first-order valence-electron chi connectivity index (χ1n) is 5.72. The quantitative estimate of drug-likeness (QED) is 0.667. The van der Waals surface area contributed by atoms with Crippen molar-refractivity contribution >= 4 is 17.4 Å². The van der Waals surface area contributed by atoms with Crippen LogP contribution in [-0.2, 0) is 6.54 Å². The molecule has 0 fully saturated rings. The van der Waals surface area contributed by atoms with Gasteiger partial charge in [0.05, 0.1) is 0 Å². The zero-order valence-corrected chi connectivity index (χ0v) is 10.2. The third-order valence-electron chi connectivity index (χ3n) is 2.53. The van der Waals surface area contributed by atoms with Crippen LogP contribution in [0.3, 0.4) is 0 Å². The van der Waals surface area contributed by atoms with Gasteiger partial charge in [0, 0.05) is 37.4 Å². The number of urea groups is 1. The fourth-order valence-electron chi connectivity index (χ4n) is 1.54. The minimum atomic E-state index is -0.219. The van der Waals surface area contributed by atoms with E-state index in [1.807, 2.05) is 42.7 Å². The number of anilines is 2. The van der Waals surface area contributed by atoms with E-state index < -0.39 is 0 Å². The predicted octanol–water partition coefficient (Wildman–Crippen LogP) is 2.38. The molecule has 0 spiro atoms. The lowest BCUT2D eigenvalue weighted by Gasteiger charge is -2.07. The molecule has 1 heterocycles. The summed E-state index contributed by atoms with van der Waals surface area (Å²) in [6.07, 6.45) is 3.85. The van der Waals surface area contributed by atoms with Crippen LogP contribution in [0.1, 0.15) is 5.56 Å². The van der Waals surface area contributed by atoms with E-state index in [0.717, 1.165) is 17.9 Å². The molecule has 5 heteroatoms. The van der Waals surface area contributed by atoms with E-state index in [4.69, 9.17) is 0 Å². The van der Waals surface area contributed by atoms with Crippen LogP contribution in [0.5, 0.6) is 0 Å². The Morgan fingerprint density at radius 3 is 2.50 bits per heavy atom. The van der Waals surface area contributed by atoms with Crippen molar-refractivity contribution in [2.45, 2.75) is 6.54 Å². The monoisotopic (exact) mass is 244 g/mol. The summed E-state index contributed by atoms with van der Waals surface area (Å²) in [6.45, 7) is 0.770. The van der Waals surface area contributed by atoms with Gasteiger partial charge in [0.2, 0.25) is 0 Å². The Kier molecular flexibility index (Phi) is 3.86. The number of aromatic nitrogens is 1. The van der Waals surface area contributed by atoms with E-state index in [-0.39, 0.29) is 6.03 Å². The van der Waals surface area contributed by atoms with Crippen LogP contribution in [0.15, 0.2) is 42.7 Å². The molecule has 0 bridgehead atoms. The van der Waals surface area contributed by atoms with Crippen molar-refractivity contribution in [3.63, 3.8) is 0 Å². The Balaban J connectivity index is 1.89. The Morgan fingerprint density at radius 2 is 1.89 bits per heavy atom. The van der Waals surface area contributed by atoms with Crippen molar-refractivity contribution in [1.29, 1.82) is 0 Å². The molecule has 0 aliphatic carbocycles. The number of nitrogens with one attached hydrogen (secondary N) is 4. The van der Waals surface area contributed by atoms with Gasteiger partial charge in [-0.05, 0) is 35.9 Å². The number of carbonyl (C=O) groups is 1. The minimum absolute atomic E-state index is 0.219. The van der Waals surface area contributed by atoms with E-state index in [1.165, 1.54) is 5.56 Å². The Bertz CT molecular complexity index is 490. The van der Waals surface area contributed by atoms with E-state index in [9.17, 15) is 4.79 Å². The third-order valence-corrected chi connectivity index (χ3v) is 2.53. The molecule has 1 aromatic heterocycles. The molecule has 0 aliphatic rings. The van der Waals surface area contributed by atoms with Crippen LogP contribution >= 0.6 is 0 Å². The number of H-pyrrole nitrogens is 1. The number of amides is 2. The van der Waals surface area contributed by atoms with Crippen LogP contribution in [0.2, 0.25) is 0 Å². The standard InChI is InChI=1S/C13H16N4O/c1-14-13(18)17-12-4-2-11(3-5-12)16-9-10-6-7-15-8-10/h2-8,15-16H,9H2,1H3,(H2,14,17,18). The van der Waals surface area contributed by atoms with Crippen LogP contribution in [0.25, 0.3) is 0 Å². The van der Waals surface area contributed by atoms with Crippen molar-refractivity contribution in [2.24, 2.45) is 0 Å². The van der Waals surface area contributed by atoms with E-state index >= 15 is 0 Å². The molecule has 2 rings (SSSR count). The van der Waals surface area contributed by atoms with Gasteiger partial charge in [0.1, 0.15) is 0 Å². The van der Waals surface area contributed by atoms with Crippen molar-refractivity contribution < 1.29 is 4.79 Å². The topological polar surface area (TPSA) is 69.0 Å². The second kappa shape index (κ2) is 5.77. The molecule has 1 aromatic carbocycles. The van der Waals surface area contributed by atoms with Crippen LogP contribution in [0, 0.1) is 0 Å². The second-order valence-electron chi connectivity index (χ2n) is 3.85. The highest BCUT2D eigenvalue weighted by atomic mass is 16.2. The number of hydrogen-bond donors (Lipinski definition) is 4. The molecule has 0 saturated heterocycles. The molecule has 5 nitrogen and oxygen atoms in total. The average molecular weight is 244 g/mol. The maximum absolute atomic E-state index is 11.1. The lowest BCUT2D eigenvalue weighted by atomic mass is 10.2. The van der Waals surface area contributed by atoms with Gasteiger partial charge in [0.25, 0.3) is 0 Å². The Labute approximate surface area is 106 Å². The molecule has 18 heavy (non-hydrogen) atoms. The number of aromatic amines is 1. The summed E-state index contributed by atoms with van der Waals surface area (Å²) in [5, 5.41) is 8.50. The second-order valence-corrected chi connectivity index (χ2v) is 3.85. The lowest BCUT2D eigenvalue weighted by molar-refractivity contribution is 0.254. The third kappa shape index (κ3) is 3.28. The summed E-state index contributed by atoms with van der Waals surface area (Å²) < 4.78 is 0. The summed E-state index contributed by atoms with van der Waals surface area (Å²) in [5.74, 6) is 0. The molecule has 94 valence electrons. The summed E-state index contributed by atoms with van der Waals surface area (Å²) in [6, 6.07) is 9.37. The first-order valence-corrected chi connectivity index (χ1v) is 5.72. The molecular weight excluding hydrogens is 228 g/mol. The summed E-state index contributed by atoms with van der Waals surface area (Å²) in [4.78, 5) is 14.1. The highest BCUT2D eigenvalue weighted by Gasteiger charge is 1.98. The van der Waals surface area contributed by atoms with E-state index in [1.54, 1.807) is 7.05 Å². The van der Waals surface area contributed by atoms with Gasteiger partial charge in [-0.15, -0.1) is 0 Å². The number of rotatable bonds is 4. The van der Waals surface area contributed by atoms with Crippen LogP contribution in [-0.4, -0.2) is 18.1 Å². The maximum atomic E-state index is 11.1. The lowest BCUT2D eigenvalue weighted by Crippen LogP contribution is -2.24. The maximum Gasteiger partial charge on any atom is 0.318 e. The fourth-order valence-corrected chi connectivity index (χ4v) is 1.54. The molecule has 4 N–H and O–H groups in total. The van der Waals surface area contributed by atoms with E-state index in [0.29, 0.717) is 0 Å². The summed E-state index contributed by atoms with van der Waals surface area (Å²) in [5.41, 5.74) is 2.97. The van der Waals surface area contributed by atoms with Gasteiger partial charge in [-0.25, -0.2) is 4.79 Å². The van der Waals surface area contributed by atoms with Gasteiger partial charge in [0.15, 0.2) is 0 Å². The first-order chi connectivity index (χ1) is 8.78. The minimum Gasteiger partial charge on any atom is -0.381 e. The Morgan fingerprint density at radius 1 is 1.17 bits per heavy atom. The molecule has 0 saturated carbocycles. The molecule has 0 atom stereocenters. The van der Waals surface area contributed by atoms with Crippen molar-refractivity contribution in [2.75, 3.05) is 17.7 Å². The molecule has 2 aromatic rings. The molecule has 0 unspecified atom stereocenters. The van der Waals surface area contributed by atoms with Crippen LogP contribution < -0.4 is 16.0 Å². The zero-order valence-electron chi connectivity index (χ0n) is 10.2. The average Bonchev–Trinajstić information content (AvgIpc) is 2.91. The smallest absolute Gasteiger partial charge is 0.318 e. The van der Waals surface area contributed by atoms with Gasteiger partial charge >= 0.3 is 6.03 Å². The van der Waals surface area contributed by atoms with Gasteiger partial charge < -0.3 is 20.9 Å². The molecule has 0 radical (unpaired) electrons. The number of carbonyl (C=O) groups excluding carboxylic acids is 1. The number of benzene rings is 1. The fraction of sp³-hybridized carbons (Fsp3) is 0.154. The SMILES string of the molecule is CNC(=O)Nc1ccc(NCc2cc[nH]c2)cc1.